The van der Waals surface area contributed by atoms with E-state index in [1.54, 1.807) is 24.3 Å². The van der Waals surface area contributed by atoms with Crippen LogP contribution in [0.15, 0.2) is 52.5 Å². The summed E-state index contributed by atoms with van der Waals surface area (Å²) in [6.45, 7) is 3.88. The number of hydrazone groups is 1. The van der Waals surface area contributed by atoms with E-state index >= 15 is 0 Å². The van der Waals surface area contributed by atoms with Crippen LogP contribution in [0.25, 0.3) is 0 Å². The Hall–Kier alpha value is -1.76. The highest BCUT2D eigenvalue weighted by molar-refractivity contribution is 7.89. The lowest BCUT2D eigenvalue weighted by Gasteiger charge is -2.09. The first kappa shape index (κ1) is 18.6. The van der Waals surface area contributed by atoms with E-state index in [0.29, 0.717) is 0 Å². The quantitative estimate of drug-likeness (QED) is 0.600. The SMILES string of the molecule is CC(C)Oc1ccc(/C=N/NS(=O)(=O)c2ccc(Cl)c(Cl)c2)cc1. The molecule has 0 aromatic heterocycles. The van der Waals surface area contributed by atoms with E-state index in [1.807, 2.05) is 13.8 Å². The lowest BCUT2D eigenvalue weighted by molar-refractivity contribution is 0.242. The van der Waals surface area contributed by atoms with E-state index in [9.17, 15) is 8.42 Å². The van der Waals surface area contributed by atoms with Crippen molar-refractivity contribution in [3.05, 3.63) is 58.1 Å². The lowest BCUT2D eigenvalue weighted by atomic mass is 10.2. The Morgan fingerprint density at radius 3 is 2.33 bits per heavy atom. The Morgan fingerprint density at radius 2 is 1.75 bits per heavy atom. The Morgan fingerprint density at radius 1 is 1.08 bits per heavy atom. The molecule has 0 saturated heterocycles. The molecule has 0 bridgehead atoms. The monoisotopic (exact) mass is 386 g/mol. The number of hydrogen-bond acceptors (Lipinski definition) is 4. The van der Waals surface area contributed by atoms with E-state index in [2.05, 4.69) is 9.93 Å². The maximum absolute atomic E-state index is 12.1. The minimum absolute atomic E-state index is 0.0188. The van der Waals surface area contributed by atoms with Gasteiger partial charge in [0.25, 0.3) is 10.0 Å². The second-order valence-corrected chi connectivity index (χ2v) is 7.64. The molecule has 2 aromatic carbocycles. The number of nitrogens with one attached hydrogen (secondary N) is 1. The van der Waals surface area contributed by atoms with Crippen LogP contribution in [0.4, 0.5) is 0 Å². The molecular formula is C16H16Cl2N2O3S. The molecule has 128 valence electrons. The number of benzene rings is 2. The minimum atomic E-state index is -3.81. The molecule has 0 atom stereocenters. The molecule has 0 aliphatic carbocycles. The van der Waals surface area contributed by atoms with Crippen molar-refractivity contribution in [2.75, 3.05) is 0 Å². The van der Waals surface area contributed by atoms with Crippen LogP contribution in [-0.2, 0) is 10.0 Å². The van der Waals surface area contributed by atoms with Gasteiger partial charge in [0.15, 0.2) is 0 Å². The standard InChI is InChI=1S/C16H16Cl2N2O3S/c1-11(2)23-13-5-3-12(4-6-13)10-19-20-24(21,22)14-7-8-15(17)16(18)9-14/h3-11,20H,1-2H3/b19-10+. The number of nitrogens with zero attached hydrogens (tertiary/aromatic N) is 1. The first-order valence-electron chi connectivity index (χ1n) is 7.04. The molecule has 8 heteroatoms. The fraction of sp³-hybridized carbons (Fsp3) is 0.188. The Balaban J connectivity index is 2.05. The van der Waals surface area contributed by atoms with Gasteiger partial charge >= 0.3 is 0 Å². The lowest BCUT2D eigenvalue weighted by Crippen LogP contribution is -2.18. The van der Waals surface area contributed by atoms with Crippen molar-refractivity contribution >= 4 is 39.4 Å². The van der Waals surface area contributed by atoms with Crippen LogP contribution in [0.5, 0.6) is 5.75 Å². The molecular weight excluding hydrogens is 371 g/mol. The summed E-state index contributed by atoms with van der Waals surface area (Å²) in [5, 5.41) is 4.19. The molecule has 2 aromatic rings. The maximum Gasteiger partial charge on any atom is 0.276 e. The van der Waals surface area contributed by atoms with Crippen molar-refractivity contribution in [1.82, 2.24) is 4.83 Å². The summed E-state index contributed by atoms with van der Waals surface area (Å²) < 4.78 is 29.8. The molecule has 1 N–H and O–H groups in total. The van der Waals surface area contributed by atoms with E-state index < -0.39 is 10.0 Å². The molecule has 0 saturated carbocycles. The second-order valence-electron chi connectivity index (χ2n) is 5.16. The third-order valence-electron chi connectivity index (χ3n) is 2.84. The van der Waals surface area contributed by atoms with E-state index in [1.165, 1.54) is 24.4 Å². The number of sulfonamides is 1. The van der Waals surface area contributed by atoms with E-state index in [-0.39, 0.29) is 21.0 Å². The Bertz CT molecular complexity index is 835. The summed E-state index contributed by atoms with van der Waals surface area (Å²) in [6, 6.07) is 11.1. The highest BCUT2D eigenvalue weighted by atomic mass is 35.5. The second kappa shape index (κ2) is 7.88. The summed E-state index contributed by atoms with van der Waals surface area (Å²) in [7, 11) is -3.81. The largest absolute Gasteiger partial charge is 0.491 e. The Labute approximate surface area is 151 Å². The Kier molecular flexibility index (Phi) is 6.10. The zero-order valence-corrected chi connectivity index (χ0v) is 15.4. The summed E-state index contributed by atoms with van der Waals surface area (Å²) in [4.78, 5) is 2.11. The molecule has 2 rings (SSSR count). The van der Waals surface area contributed by atoms with Gasteiger partial charge in [-0.1, -0.05) is 23.2 Å². The van der Waals surface area contributed by atoms with Crippen molar-refractivity contribution in [3.8, 4) is 5.75 Å². The third-order valence-corrected chi connectivity index (χ3v) is 4.80. The normalized spacial score (nSPS) is 11.9. The fourth-order valence-corrected chi connectivity index (χ4v) is 2.95. The highest BCUT2D eigenvalue weighted by Crippen LogP contribution is 2.24. The van der Waals surface area contributed by atoms with Crippen molar-refractivity contribution in [3.63, 3.8) is 0 Å². The van der Waals surface area contributed by atoms with Crippen LogP contribution in [0.2, 0.25) is 10.0 Å². The maximum atomic E-state index is 12.1. The summed E-state index contributed by atoms with van der Waals surface area (Å²) in [6.07, 6.45) is 1.48. The first-order valence-corrected chi connectivity index (χ1v) is 9.28. The number of hydrogen-bond donors (Lipinski definition) is 1. The molecule has 24 heavy (non-hydrogen) atoms. The van der Waals surface area contributed by atoms with Gasteiger partial charge in [0.1, 0.15) is 5.75 Å². The predicted molar refractivity (Wildman–Crippen MR) is 96.6 cm³/mol. The van der Waals surface area contributed by atoms with E-state index in [0.717, 1.165) is 11.3 Å². The molecule has 0 amide bonds. The van der Waals surface area contributed by atoms with Crippen LogP contribution in [0, 0.1) is 0 Å². The zero-order chi connectivity index (χ0) is 17.7. The van der Waals surface area contributed by atoms with Crippen LogP contribution in [-0.4, -0.2) is 20.7 Å². The van der Waals surface area contributed by atoms with Gasteiger partial charge in [0.05, 0.1) is 27.3 Å². The summed E-state index contributed by atoms with van der Waals surface area (Å²) in [5.74, 6) is 0.735. The molecule has 0 unspecified atom stereocenters. The van der Waals surface area contributed by atoms with Crippen LogP contribution in [0.1, 0.15) is 19.4 Å². The van der Waals surface area contributed by atoms with Gasteiger partial charge in [-0.3, -0.25) is 0 Å². The molecule has 0 spiro atoms. The van der Waals surface area contributed by atoms with Crippen molar-refractivity contribution < 1.29 is 13.2 Å². The molecule has 0 radical (unpaired) electrons. The van der Waals surface area contributed by atoms with E-state index in [4.69, 9.17) is 27.9 Å². The fourth-order valence-electron chi connectivity index (χ4n) is 1.77. The van der Waals surface area contributed by atoms with Gasteiger partial charge in [0.2, 0.25) is 0 Å². The minimum Gasteiger partial charge on any atom is -0.491 e. The molecule has 5 nitrogen and oxygen atoms in total. The third kappa shape index (κ3) is 5.12. The number of halogens is 2. The van der Waals surface area contributed by atoms with Gasteiger partial charge in [0, 0.05) is 0 Å². The van der Waals surface area contributed by atoms with Crippen molar-refractivity contribution in [1.29, 1.82) is 0 Å². The first-order chi connectivity index (χ1) is 11.3. The van der Waals surface area contributed by atoms with Crippen molar-refractivity contribution in [2.24, 2.45) is 5.10 Å². The van der Waals surface area contributed by atoms with Gasteiger partial charge in [-0.05, 0) is 61.9 Å². The average Bonchev–Trinajstić information content (AvgIpc) is 2.51. The molecule has 0 fully saturated rings. The number of ether oxygens (including phenoxy) is 1. The highest BCUT2D eigenvalue weighted by Gasteiger charge is 2.14. The van der Waals surface area contributed by atoms with Gasteiger partial charge in [-0.15, -0.1) is 0 Å². The predicted octanol–water partition coefficient (Wildman–Crippen LogP) is 4.09. The topological polar surface area (TPSA) is 67.8 Å². The number of rotatable bonds is 6. The summed E-state index contributed by atoms with van der Waals surface area (Å²) in [5.41, 5.74) is 0.725. The summed E-state index contributed by atoms with van der Waals surface area (Å²) >= 11 is 11.6. The van der Waals surface area contributed by atoms with Crippen molar-refractivity contribution in [2.45, 2.75) is 24.8 Å². The van der Waals surface area contributed by atoms with Crippen LogP contribution >= 0.6 is 23.2 Å². The molecule has 0 aliphatic rings. The van der Waals surface area contributed by atoms with Gasteiger partial charge in [-0.25, -0.2) is 4.83 Å². The van der Waals surface area contributed by atoms with Crippen LogP contribution in [0.3, 0.4) is 0 Å². The van der Waals surface area contributed by atoms with Gasteiger partial charge < -0.3 is 4.74 Å². The molecule has 0 aliphatic heterocycles. The van der Waals surface area contributed by atoms with Gasteiger partial charge in [-0.2, -0.15) is 13.5 Å². The van der Waals surface area contributed by atoms with Crippen LogP contribution < -0.4 is 9.57 Å². The smallest absolute Gasteiger partial charge is 0.276 e. The molecule has 0 heterocycles. The average molecular weight is 387 g/mol. The zero-order valence-electron chi connectivity index (χ0n) is 13.0.